The molecule has 2 heterocycles. The number of rotatable bonds is 9. The van der Waals surface area contributed by atoms with Gasteiger partial charge in [-0.25, -0.2) is 8.78 Å². The van der Waals surface area contributed by atoms with Gasteiger partial charge in [0.05, 0.1) is 24.7 Å². The third-order valence-corrected chi connectivity index (χ3v) is 7.69. The van der Waals surface area contributed by atoms with Gasteiger partial charge in [-0.1, -0.05) is 0 Å². The van der Waals surface area contributed by atoms with Crippen LogP contribution in [0.1, 0.15) is 52.7 Å². The first kappa shape index (κ1) is 28.3. The average molecular weight is 572 g/mol. The summed E-state index contributed by atoms with van der Waals surface area (Å²) in [6.07, 6.45) is 2.97. The molecular weight excluding hydrogens is 540 g/mol. The van der Waals surface area contributed by atoms with E-state index in [0.717, 1.165) is 25.3 Å². The monoisotopic (exact) mass is 571 g/mol. The summed E-state index contributed by atoms with van der Waals surface area (Å²) in [5.41, 5.74) is -1.08. The number of benzene rings is 2. The second-order valence-electron chi connectivity index (χ2n) is 10.3. The number of fused-ring (bicyclic) bond motifs is 3. The van der Waals surface area contributed by atoms with E-state index in [9.17, 15) is 23.2 Å². The number of nitrogens with zero attached hydrogens (tertiary/aromatic N) is 1. The minimum atomic E-state index is -1.58. The van der Waals surface area contributed by atoms with E-state index in [1.807, 2.05) is 0 Å². The number of carbonyl (C=O) groups excluding carboxylic acids is 3. The third kappa shape index (κ3) is 5.19. The summed E-state index contributed by atoms with van der Waals surface area (Å²) in [7, 11) is 2.76. The molecule has 0 radical (unpaired) electrons. The fourth-order valence-corrected chi connectivity index (χ4v) is 4.97. The predicted octanol–water partition coefficient (Wildman–Crippen LogP) is 3.56. The molecule has 2 aromatic carbocycles. The van der Waals surface area contributed by atoms with Crippen LogP contribution in [-0.4, -0.2) is 68.2 Å². The van der Waals surface area contributed by atoms with Gasteiger partial charge in [-0.3, -0.25) is 14.4 Å². The van der Waals surface area contributed by atoms with E-state index in [1.165, 1.54) is 32.1 Å². The summed E-state index contributed by atoms with van der Waals surface area (Å²) in [5, 5.41) is 6.03. The van der Waals surface area contributed by atoms with Crippen LogP contribution in [-0.2, 0) is 16.1 Å². The summed E-state index contributed by atoms with van der Waals surface area (Å²) in [6, 6.07) is 7.17. The van der Waals surface area contributed by atoms with Gasteiger partial charge in [0.1, 0.15) is 17.9 Å². The summed E-state index contributed by atoms with van der Waals surface area (Å²) in [5.74, 6) is -3.68. The Bertz CT molecular complexity index is 1500. The summed E-state index contributed by atoms with van der Waals surface area (Å²) in [6.45, 7) is 0.939. The van der Waals surface area contributed by atoms with Gasteiger partial charge in [0, 0.05) is 31.8 Å². The molecule has 1 atom stereocenters. The molecule has 10 nitrogen and oxygen atoms in total. The van der Waals surface area contributed by atoms with Crippen molar-refractivity contribution in [3.63, 3.8) is 0 Å². The molecule has 41 heavy (non-hydrogen) atoms. The lowest BCUT2D eigenvalue weighted by atomic mass is 9.93. The Morgan fingerprint density at radius 1 is 1.17 bits per heavy atom. The number of hydrogen-bond donors (Lipinski definition) is 2. The molecule has 218 valence electrons. The number of carbonyl (C=O) groups is 3. The highest BCUT2D eigenvalue weighted by Crippen LogP contribution is 2.39. The number of methoxy groups -OCH3 is 2. The Balaban J connectivity index is 1.42. The van der Waals surface area contributed by atoms with Gasteiger partial charge in [-0.15, -0.1) is 0 Å². The maximum absolute atomic E-state index is 14.5. The number of furan rings is 1. The molecule has 0 saturated heterocycles. The summed E-state index contributed by atoms with van der Waals surface area (Å²) < 4.78 is 50.6. The van der Waals surface area contributed by atoms with Crippen LogP contribution in [0, 0.1) is 11.6 Å². The Kier molecular flexibility index (Phi) is 7.85. The Morgan fingerprint density at radius 2 is 1.95 bits per heavy atom. The quantitative estimate of drug-likeness (QED) is 0.403. The van der Waals surface area contributed by atoms with Crippen LogP contribution in [0.3, 0.4) is 0 Å². The van der Waals surface area contributed by atoms with E-state index < -0.39 is 35.5 Å². The lowest BCUT2D eigenvalue weighted by molar-refractivity contribution is -0.133. The van der Waals surface area contributed by atoms with Gasteiger partial charge in [-0.2, -0.15) is 0 Å². The SMILES string of the molecule is COCCN1C(=O)c2oc3cc(C(=O)NC4CCC4)ccc3c2OCC1(C)C(=O)NCc1c(OC)ccc(F)c1F. The summed E-state index contributed by atoms with van der Waals surface area (Å²) in [4.78, 5) is 41.3. The first-order valence-electron chi connectivity index (χ1n) is 13.3. The normalized spacial score (nSPS) is 18.8. The van der Waals surface area contributed by atoms with E-state index in [-0.39, 0.29) is 60.1 Å². The number of nitrogens with one attached hydrogen (secondary N) is 2. The molecule has 1 saturated carbocycles. The molecule has 12 heteroatoms. The topological polar surface area (TPSA) is 119 Å². The maximum Gasteiger partial charge on any atom is 0.294 e. The number of amides is 3. The first-order chi connectivity index (χ1) is 19.7. The minimum absolute atomic E-state index is 0.00574. The average Bonchev–Trinajstić information content (AvgIpc) is 3.27. The van der Waals surface area contributed by atoms with E-state index in [4.69, 9.17) is 18.6 Å². The zero-order chi connectivity index (χ0) is 29.3. The van der Waals surface area contributed by atoms with Gasteiger partial charge in [0.15, 0.2) is 22.9 Å². The van der Waals surface area contributed by atoms with Crippen LogP contribution in [0.2, 0.25) is 0 Å². The van der Waals surface area contributed by atoms with Crippen molar-refractivity contribution < 1.29 is 41.8 Å². The van der Waals surface area contributed by atoms with Crippen LogP contribution in [0.25, 0.3) is 11.0 Å². The predicted molar refractivity (Wildman–Crippen MR) is 143 cm³/mol. The van der Waals surface area contributed by atoms with Crippen molar-refractivity contribution in [2.75, 3.05) is 34.0 Å². The molecule has 1 aromatic heterocycles. The molecule has 3 aromatic rings. The molecular formula is C29H31F2N3O7. The van der Waals surface area contributed by atoms with Crippen molar-refractivity contribution in [1.82, 2.24) is 15.5 Å². The van der Waals surface area contributed by atoms with Crippen LogP contribution >= 0.6 is 0 Å². The van der Waals surface area contributed by atoms with Crippen molar-refractivity contribution >= 4 is 28.7 Å². The van der Waals surface area contributed by atoms with Crippen molar-refractivity contribution in [3.8, 4) is 11.5 Å². The highest BCUT2D eigenvalue weighted by molar-refractivity contribution is 6.06. The largest absolute Gasteiger partial charge is 0.496 e. The smallest absolute Gasteiger partial charge is 0.294 e. The first-order valence-corrected chi connectivity index (χ1v) is 13.3. The molecule has 3 amide bonds. The summed E-state index contributed by atoms with van der Waals surface area (Å²) >= 11 is 0. The van der Waals surface area contributed by atoms with E-state index in [2.05, 4.69) is 10.6 Å². The zero-order valence-electron chi connectivity index (χ0n) is 23.0. The highest BCUT2D eigenvalue weighted by Gasteiger charge is 2.48. The van der Waals surface area contributed by atoms with E-state index in [0.29, 0.717) is 10.9 Å². The van der Waals surface area contributed by atoms with Crippen LogP contribution in [0.5, 0.6) is 11.5 Å². The molecule has 0 spiro atoms. The second-order valence-corrected chi connectivity index (χ2v) is 10.3. The fourth-order valence-electron chi connectivity index (χ4n) is 4.97. The third-order valence-electron chi connectivity index (χ3n) is 7.69. The van der Waals surface area contributed by atoms with Crippen molar-refractivity contribution in [3.05, 3.63) is 58.9 Å². The van der Waals surface area contributed by atoms with E-state index >= 15 is 0 Å². The highest BCUT2D eigenvalue weighted by atomic mass is 19.2. The molecule has 0 bridgehead atoms. The minimum Gasteiger partial charge on any atom is -0.496 e. The lowest BCUT2D eigenvalue weighted by Crippen LogP contribution is -2.61. The molecule has 2 aliphatic rings. The van der Waals surface area contributed by atoms with Crippen LogP contribution in [0.4, 0.5) is 8.78 Å². The van der Waals surface area contributed by atoms with E-state index in [1.54, 1.807) is 18.2 Å². The maximum atomic E-state index is 14.5. The van der Waals surface area contributed by atoms with Gasteiger partial charge in [-0.05, 0) is 56.5 Å². The number of hydrogen-bond acceptors (Lipinski definition) is 7. The Hall–Kier alpha value is -4.19. The van der Waals surface area contributed by atoms with Gasteiger partial charge >= 0.3 is 0 Å². The number of halogens is 2. The molecule has 1 aliphatic carbocycles. The van der Waals surface area contributed by atoms with Gasteiger partial charge < -0.3 is 34.2 Å². The van der Waals surface area contributed by atoms with Crippen LogP contribution in [0.15, 0.2) is 34.7 Å². The van der Waals surface area contributed by atoms with Crippen molar-refractivity contribution in [1.29, 1.82) is 0 Å². The molecule has 2 N–H and O–H groups in total. The zero-order valence-corrected chi connectivity index (χ0v) is 23.0. The molecule has 1 fully saturated rings. The van der Waals surface area contributed by atoms with Crippen molar-refractivity contribution in [2.45, 2.75) is 44.3 Å². The van der Waals surface area contributed by atoms with Gasteiger partial charge in [0.2, 0.25) is 11.7 Å². The molecule has 1 aliphatic heterocycles. The second kappa shape index (κ2) is 11.4. The lowest BCUT2D eigenvalue weighted by Gasteiger charge is -2.37. The van der Waals surface area contributed by atoms with Crippen molar-refractivity contribution in [2.24, 2.45) is 0 Å². The Morgan fingerprint density at radius 3 is 2.63 bits per heavy atom. The molecule has 1 unspecified atom stereocenters. The van der Waals surface area contributed by atoms with Gasteiger partial charge in [0.25, 0.3) is 11.8 Å². The fraction of sp³-hybridized carbons (Fsp3) is 0.414. The number of ether oxygens (including phenoxy) is 3. The molecule has 5 rings (SSSR count). The Labute approximate surface area is 234 Å². The standard InChI is InChI=1S/C29H31F2N3O7/c1-29(28(37)32-14-19-21(39-3)10-9-20(30)23(19)31)15-40-24-18-8-7-16(26(35)33-17-5-4-6-17)13-22(18)41-25(24)27(36)34(29)11-12-38-2/h7-10,13,17H,4-6,11-12,14-15H2,1-3H3,(H,32,37)(H,33,35). The van der Waals surface area contributed by atoms with Crippen LogP contribution < -0.4 is 20.1 Å².